The van der Waals surface area contributed by atoms with E-state index >= 15 is 0 Å². The molecule has 1 saturated carbocycles. The van der Waals surface area contributed by atoms with Crippen molar-refractivity contribution in [2.24, 2.45) is 5.41 Å². The first kappa shape index (κ1) is 28.4. The first-order valence-corrected chi connectivity index (χ1v) is 13.6. The van der Waals surface area contributed by atoms with E-state index in [9.17, 15) is 14.7 Å². The van der Waals surface area contributed by atoms with Gasteiger partial charge in [0.2, 0.25) is 5.91 Å². The average molecular weight is 503 g/mol. The van der Waals surface area contributed by atoms with E-state index in [4.69, 9.17) is 9.72 Å². The van der Waals surface area contributed by atoms with E-state index in [0.29, 0.717) is 26.0 Å². The van der Waals surface area contributed by atoms with Crippen molar-refractivity contribution in [3.05, 3.63) is 23.4 Å². The third-order valence-corrected chi connectivity index (χ3v) is 6.98. The molecule has 2 heterocycles. The number of nitrogens with zero attached hydrogens (tertiary/aromatic N) is 2. The molecule has 36 heavy (non-hydrogen) atoms. The number of carbonyl (C=O) groups excluding carboxylic acids is 1. The van der Waals surface area contributed by atoms with Gasteiger partial charge in [0.25, 0.3) is 0 Å². The number of ether oxygens (including phenoxy) is 1. The Kier molecular flexibility index (Phi) is 10.1. The van der Waals surface area contributed by atoms with Crippen LogP contribution in [0.4, 0.5) is 5.82 Å². The number of rotatable bonds is 15. The fourth-order valence-electron chi connectivity index (χ4n) is 4.52. The summed E-state index contributed by atoms with van der Waals surface area (Å²) in [6.07, 6.45) is 8.10. The normalized spacial score (nSPS) is 17.2. The highest BCUT2D eigenvalue weighted by atomic mass is 16.5. The summed E-state index contributed by atoms with van der Waals surface area (Å²) in [6.45, 7) is 11.9. The van der Waals surface area contributed by atoms with Crippen LogP contribution < -0.4 is 10.6 Å². The first-order valence-electron chi connectivity index (χ1n) is 13.6. The van der Waals surface area contributed by atoms with E-state index < -0.39 is 12.0 Å². The van der Waals surface area contributed by atoms with Crippen LogP contribution in [0.1, 0.15) is 83.9 Å². The molecule has 0 bridgehead atoms. The molecule has 1 aliphatic carbocycles. The van der Waals surface area contributed by atoms with Crippen LogP contribution >= 0.6 is 0 Å². The molecule has 8 heteroatoms. The van der Waals surface area contributed by atoms with Gasteiger partial charge in [0.1, 0.15) is 11.9 Å². The summed E-state index contributed by atoms with van der Waals surface area (Å²) < 4.78 is 6.03. The Labute approximate surface area is 216 Å². The lowest BCUT2D eigenvalue weighted by atomic mass is 9.92. The zero-order chi connectivity index (χ0) is 26.2. The van der Waals surface area contributed by atoms with Crippen LogP contribution in [0, 0.1) is 5.41 Å². The maximum atomic E-state index is 12.3. The van der Waals surface area contributed by atoms with Crippen molar-refractivity contribution in [3.8, 4) is 0 Å². The van der Waals surface area contributed by atoms with Gasteiger partial charge in [-0.2, -0.15) is 0 Å². The Morgan fingerprint density at radius 1 is 1.22 bits per heavy atom. The summed E-state index contributed by atoms with van der Waals surface area (Å²) in [5.41, 5.74) is 2.27. The van der Waals surface area contributed by atoms with Crippen LogP contribution in [-0.2, 0) is 27.2 Å². The van der Waals surface area contributed by atoms with Crippen molar-refractivity contribution in [3.63, 3.8) is 0 Å². The number of aromatic nitrogens is 1. The number of amides is 1. The second-order valence-corrected chi connectivity index (χ2v) is 11.9. The summed E-state index contributed by atoms with van der Waals surface area (Å²) in [7, 11) is 0. The average Bonchev–Trinajstić information content (AvgIpc) is 3.54. The smallest absolute Gasteiger partial charge is 0.326 e. The maximum Gasteiger partial charge on any atom is 0.326 e. The SMILES string of the molecule is CC(C)(C)CC(=O)NC(CCN(CCCCc1ccc2c(n1)NCCC2)CCOC1(C)CC1)C(=O)O. The van der Waals surface area contributed by atoms with Crippen molar-refractivity contribution in [1.82, 2.24) is 15.2 Å². The molecule has 1 atom stereocenters. The van der Waals surface area contributed by atoms with E-state index in [2.05, 4.69) is 34.6 Å². The molecule has 1 aromatic rings. The minimum absolute atomic E-state index is 0.0301. The van der Waals surface area contributed by atoms with Crippen LogP contribution in [0.25, 0.3) is 0 Å². The Hall–Kier alpha value is -2.19. The Balaban J connectivity index is 1.47. The molecular formula is C28H46N4O4. The number of carbonyl (C=O) groups is 2. The van der Waals surface area contributed by atoms with E-state index in [0.717, 1.165) is 76.1 Å². The molecule has 3 N–H and O–H groups in total. The summed E-state index contributed by atoms with van der Waals surface area (Å²) in [6, 6.07) is 3.47. The molecule has 0 spiro atoms. The molecule has 8 nitrogen and oxygen atoms in total. The van der Waals surface area contributed by atoms with Gasteiger partial charge < -0.3 is 25.4 Å². The highest BCUT2D eigenvalue weighted by Crippen LogP contribution is 2.38. The predicted molar refractivity (Wildman–Crippen MR) is 142 cm³/mol. The Bertz CT molecular complexity index is 879. The molecule has 1 fully saturated rings. The van der Waals surface area contributed by atoms with Gasteiger partial charge in [-0.05, 0) is 81.9 Å². The second kappa shape index (κ2) is 12.9. The third-order valence-electron chi connectivity index (χ3n) is 6.98. The highest BCUT2D eigenvalue weighted by Gasteiger charge is 2.38. The number of hydrogen-bond acceptors (Lipinski definition) is 6. The van der Waals surface area contributed by atoms with Crippen molar-refractivity contribution in [2.75, 3.05) is 38.1 Å². The first-order chi connectivity index (χ1) is 17.0. The van der Waals surface area contributed by atoms with Crippen molar-refractivity contribution >= 4 is 17.7 Å². The van der Waals surface area contributed by atoms with Crippen LogP contribution in [-0.4, -0.2) is 71.3 Å². The lowest BCUT2D eigenvalue weighted by Crippen LogP contribution is -2.44. The number of hydrogen-bond donors (Lipinski definition) is 3. The topological polar surface area (TPSA) is 104 Å². The molecular weight excluding hydrogens is 456 g/mol. The van der Waals surface area contributed by atoms with Gasteiger partial charge in [-0.25, -0.2) is 9.78 Å². The predicted octanol–water partition coefficient (Wildman–Crippen LogP) is 4.03. The molecule has 1 aliphatic heterocycles. The summed E-state index contributed by atoms with van der Waals surface area (Å²) in [4.78, 5) is 31.2. The van der Waals surface area contributed by atoms with E-state index in [-0.39, 0.29) is 16.9 Å². The number of nitrogens with one attached hydrogen (secondary N) is 2. The molecule has 0 radical (unpaired) electrons. The largest absolute Gasteiger partial charge is 0.480 e. The molecule has 0 saturated heterocycles. The van der Waals surface area contributed by atoms with E-state index in [1.54, 1.807) is 0 Å². The Morgan fingerprint density at radius 2 is 2.00 bits per heavy atom. The number of carboxylic acids is 1. The summed E-state index contributed by atoms with van der Waals surface area (Å²) in [5.74, 6) is -0.149. The second-order valence-electron chi connectivity index (χ2n) is 11.9. The van der Waals surface area contributed by atoms with Crippen molar-refractivity contribution in [2.45, 2.75) is 97.1 Å². The van der Waals surface area contributed by atoms with Crippen molar-refractivity contribution in [1.29, 1.82) is 0 Å². The van der Waals surface area contributed by atoms with Gasteiger partial charge in [-0.1, -0.05) is 26.8 Å². The number of aliphatic carboxylic acids is 1. The fraction of sp³-hybridized carbons (Fsp3) is 0.750. The maximum absolute atomic E-state index is 12.3. The zero-order valence-electron chi connectivity index (χ0n) is 22.7. The zero-order valence-corrected chi connectivity index (χ0v) is 22.7. The quantitative estimate of drug-likeness (QED) is 0.311. The van der Waals surface area contributed by atoms with E-state index in [1.165, 1.54) is 5.56 Å². The monoisotopic (exact) mass is 502 g/mol. The van der Waals surface area contributed by atoms with Crippen LogP contribution in [0.2, 0.25) is 0 Å². The molecule has 3 rings (SSSR count). The van der Waals surface area contributed by atoms with Crippen LogP contribution in [0.5, 0.6) is 0 Å². The molecule has 202 valence electrons. The van der Waals surface area contributed by atoms with Crippen molar-refractivity contribution < 1.29 is 19.4 Å². The van der Waals surface area contributed by atoms with Gasteiger partial charge in [0.15, 0.2) is 0 Å². The fourth-order valence-corrected chi connectivity index (χ4v) is 4.52. The minimum Gasteiger partial charge on any atom is -0.480 e. The number of carboxylic acid groups (broad SMARTS) is 1. The summed E-state index contributed by atoms with van der Waals surface area (Å²) >= 11 is 0. The minimum atomic E-state index is -0.981. The van der Waals surface area contributed by atoms with Crippen LogP contribution in [0.3, 0.4) is 0 Å². The lowest BCUT2D eigenvalue weighted by molar-refractivity contribution is -0.142. The molecule has 1 unspecified atom stereocenters. The van der Waals surface area contributed by atoms with Gasteiger partial charge in [0, 0.05) is 31.7 Å². The molecule has 1 aromatic heterocycles. The van der Waals surface area contributed by atoms with Gasteiger partial charge >= 0.3 is 5.97 Å². The summed E-state index contributed by atoms with van der Waals surface area (Å²) in [5, 5.41) is 15.8. The number of pyridine rings is 1. The Morgan fingerprint density at radius 3 is 2.69 bits per heavy atom. The van der Waals surface area contributed by atoms with Gasteiger partial charge in [-0.3, -0.25) is 4.79 Å². The number of fused-ring (bicyclic) bond motifs is 1. The number of aryl methyl sites for hydroxylation is 2. The standard InChI is InChI=1S/C28H46N4O4/c1-27(2,3)20-24(33)31-23(26(34)35)12-17-32(18-19-36-28(4)13-14-28)16-6-5-9-22-11-10-21-8-7-15-29-25(21)30-22/h10-11,23H,5-9,12-20H2,1-4H3,(H,29,30)(H,31,33)(H,34,35). The van der Waals surface area contributed by atoms with Gasteiger partial charge in [-0.15, -0.1) is 0 Å². The number of unbranched alkanes of at least 4 members (excludes halogenated alkanes) is 1. The molecule has 2 aliphatic rings. The lowest BCUT2D eigenvalue weighted by Gasteiger charge is -2.26. The molecule has 0 aromatic carbocycles. The third kappa shape index (κ3) is 10.1. The highest BCUT2D eigenvalue weighted by molar-refractivity contribution is 5.83. The molecule has 1 amide bonds. The van der Waals surface area contributed by atoms with Gasteiger partial charge in [0.05, 0.1) is 12.2 Å². The van der Waals surface area contributed by atoms with E-state index in [1.807, 2.05) is 20.8 Å². The van der Waals surface area contributed by atoms with Crippen LogP contribution in [0.15, 0.2) is 12.1 Å². The number of anilines is 1.